The maximum absolute atomic E-state index is 12.8. The van der Waals surface area contributed by atoms with Crippen LogP contribution in [0.3, 0.4) is 0 Å². The minimum absolute atomic E-state index is 0.0685. The van der Waals surface area contributed by atoms with E-state index < -0.39 is 0 Å². The summed E-state index contributed by atoms with van der Waals surface area (Å²) in [6.45, 7) is 10.8. The molecule has 4 saturated carbocycles. The van der Waals surface area contributed by atoms with Crippen LogP contribution in [0.1, 0.15) is 118 Å². The molecule has 5 heteroatoms. The van der Waals surface area contributed by atoms with Gasteiger partial charge in [0, 0.05) is 24.4 Å². The summed E-state index contributed by atoms with van der Waals surface area (Å²) in [5.74, 6) is 3.80. The average Bonchev–Trinajstić information content (AvgIpc) is 3.36. The number of nitrogens with one attached hydrogen (secondary N) is 2. The van der Waals surface area contributed by atoms with Crippen LogP contribution in [0.2, 0.25) is 0 Å². The van der Waals surface area contributed by atoms with Gasteiger partial charge >= 0.3 is 6.03 Å². The van der Waals surface area contributed by atoms with E-state index in [9.17, 15) is 4.79 Å². The van der Waals surface area contributed by atoms with Crippen molar-refractivity contribution in [3.05, 3.63) is 11.6 Å². The monoisotopic (exact) mass is 538 g/mol. The van der Waals surface area contributed by atoms with E-state index in [0.29, 0.717) is 40.7 Å². The van der Waals surface area contributed by atoms with E-state index in [2.05, 4.69) is 44.4 Å². The van der Waals surface area contributed by atoms with Crippen molar-refractivity contribution in [3.63, 3.8) is 0 Å². The molecule has 2 amide bonds. The molecule has 2 heterocycles. The van der Waals surface area contributed by atoms with Gasteiger partial charge in [-0.1, -0.05) is 58.6 Å². The zero-order valence-corrected chi connectivity index (χ0v) is 25.1. The molecule has 2 N–H and O–H groups in total. The van der Waals surface area contributed by atoms with E-state index in [1.165, 1.54) is 57.8 Å². The van der Waals surface area contributed by atoms with Gasteiger partial charge in [-0.3, -0.25) is 0 Å². The van der Waals surface area contributed by atoms with Crippen LogP contribution < -0.4 is 10.6 Å². The van der Waals surface area contributed by atoms with Gasteiger partial charge in [-0.25, -0.2) is 4.79 Å². The quantitative estimate of drug-likeness (QED) is 0.361. The first-order valence-corrected chi connectivity index (χ1v) is 16.8. The summed E-state index contributed by atoms with van der Waals surface area (Å²) < 4.78 is 13.5. The van der Waals surface area contributed by atoms with Gasteiger partial charge in [0.15, 0.2) is 5.79 Å². The van der Waals surface area contributed by atoms with Crippen molar-refractivity contribution in [1.29, 1.82) is 0 Å². The second-order valence-electron chi connectivity index (χ2n) is 15.7. The number of fused-ring (bicyclic) bond motifs is 7. The van der Waals surface area contributed by atoms with Crippen molar-refractivity contribution in [3.8, 4) is 0 Å². The van der Waals surface area contributed by atoms with Gasteiger partial charge in [-0.15, -0.1) is 0 Å². The zero-order chi connectivity index (χ0) is 27.0. The molecule has 0 aromatic heterocycles. The van der Waals surface area contributed by atoms with Gasteiger partial charge in [0.05, 0.1) is 12.7 Å². The Morgan fingerprint density at radius 3 is 2.49 bits per heavy atom. The van der Waals surface area contributed by atoms with Crippen molar-refractivity contribution in [2.75, 3.05) is 6.61 Å². The fourth-order valence-electron chi connectivity index (χ4n) is 11.5. The van der Waals surface area contributed by atoms with Gasteiger partial charge < -0.3 is 20.1 Å². The van der Waals surface area contributed by atoms with Crippen LogP contribution in [-0.2, 0) is 9.47 Å². The second-order valence-corrected chi connectivity index (χ2v) is 15.7. The molecular formula is C34H54N2O3. The molecule has 1 unspecified atom stereocenters. The third-order valence-corrected chi connectivity index (χ3v) is 13.6. The summed E-state index contributed by atoms with van der Waals surface area (Å²) in [6, 6.07) is 0.728. The molecule has 5 aliphatic carbocycles. The predicted molar refractivity (Wildman–Crippen MR) is 154 cm³/mol. The molecule has 2 saturated heterocycles. The molecule has 0 bridgehead atoms. The van der Waals surface area contributed by atoms with Gasteiger partial charge in [0.2, 0.25) is 0 Å². The Balaban J connectivity index is 1.03. The average molecular weight is 539 g/mol. The van der Waals surface area contributed by atoms with E-state index >= 15 is 0 Å². The number of urea groups is 1. The number of hydrogen-bond acceptors (Lipinski definition) is 3. The molecular weight excluding hydrogens is 484 g/mol. The minimum Gasteiger partial charge on any atom is -0.349 e. The Labute approximate surface area is 237 Å². The molecule has 7 aliphatic rings. The van der Waals surface area contributed by atoms with Crippen LogP contribution in [0.4, 0.5) is 4.79 Å². The topological polar surface area (TPSA) is 59.6 Å². The van der Waals surface area contributed by atoms with Crippen LogP contribution in [-0.4, -0.2) is 36.6 Å². The van der Waals surface area contributed by atoms with E-state index in [-0.39, 0.29) is 17.9 Å². The van der Waals surface area contributed by atoms with Crippen LogP contribution in [0, 0.1) is 46.3 Å². The lowest BCUT2D eigenvalue weighted by molar-refractivity contribution is -0.272. The summed E-state index contributed by atoms with van der Waals surface area (Å²) in [6.07, 6.45) is 20.0. The Morgan fingerprint density at radius 2 is 1.72 bits per heavy atom. The third kappa shape index (κ3) is 4.25. The first-order chi connectivity index (χ1) is 18.7. The van der Waals surface area contributed by atoms with Crippen molar-refractivity contribution >= 4 is 6.03 Å². The molecule has 0 aromatic rings. The highest BCUT2D eigenvalue weighted by atomic mass is 16.7. The number of ether oxygens (including phenoxy) is 2. The highest BCUT2D eigenvalue weighted by Crippen LogP contribution is 2.70. The highest BCUT2D eigenvalue weighted by Gasteiger charge is 2.68. The number of allylic oxidation sites excluding steroid dienone is 1. The van der Waals surface area contributed by atoms with Crippen molar-refractivity contribution in [2.24, 2.45) is 46.3 Å². The van der Waals surface area contributed by atoms with Crippen LogP contribution >= 0.6 is 0 Å². The number of carbonyl (C=O) groups excluding carboxylic acids is 1. The van der Waals surface area contributed by atoms with Gasteiger partial charge in [-0.05, 0) is 105 Å². The SMILES string of the molecule is CC1CC[C@@]2(OC1)O[C@H]1C[C@H]3[C@@H]4CC=C5C[C@H](NC(=O)NC6CCCCC6)CC[C@]5(C)[C@H]4CC[C@]3(C)[C@H]1[C@@H]2C. The normalized spacial score (nSPS) is 51.3. The van der Waals surface area contributed by atoms with Gasteiger partial charge in [-0.2, -0.15) is 0 Å². The smallest absolute Gasteiger partial charge is 0.315 e. The first-order valence-electron chi connectivity index (χ1n) is 16.8. The Bertz CT molecular complexity index is 981. The summed E-state index contributed by atoms with van der Waals surface area (Å²) in [4.78, 5) is 12.8. The molecule has 6 fully saturated rings. The van der Waals surface area contributed by atoms with Crippen molar-refractivity contribution < 1.29 is 14.3 Å². The van der Waals surface area contributed by atoms with Crippen LogP contribution in [0.15, 0.2) is 11.6 Å². The summed E-state index contributed by atoms with van der Waals surface area (Å²) >= 11 is 0. The molecule has 7 rings (SSSR count). The van der Waals surface area contributed by atoms with E-state index in [1.807, 2.05) is 0 Å². The Kier molecular flexibility index (Phi) is 6.70. The second kappa shape index (κ2) is 9.75. The Hall–Kier alpha value is -1.07. The first kappa shape index (κ1) is 26.8. The van der Waals surface area contributed by atoms with Crippen molar-refractivity contribution in [2.45, 2.75) is 142 Å². The fraction of sp³-hybridized carbons (Fsp3) is 0.912. The maximum atomic E-state index is 12.8. The van der Waals surface area contributed by atoms with Crippen LogP contribution in [0.5, 0.6) is 0 Å². The number of rotatable bonds is 2. The van der Waals surface area contributed by atoms with Gasteiger partial charge in [0.25, 0.3) is 0 Å². The van der Waals surface area contributed by atoms with E-state index in [0.717, 1.165) is 56.5 Å². The van der Waals surface area contributed by atoms with E-state index in [4.69, 9.17) is 9.47 Å². The van der Waals surface area contributed by atoms with E-state index in [1.54, 1.807) is 5.57 Å². The molecule has 218 valence electrons. The molecule has 39 heavy (non-hydrogen) atoms. The fourth-order valence-corrected chi connectivity index (χ4v) is 11.5. The molecule has 2 aliphatic heterocycles. The maximum Gasteiger partial charge on any atom is 0.315 e. The number of carbonyl (C=O) groups is 1. The number of amides is 2. The zero-order valence-electron chi connectivity index (χ0n) is 25.1. The number of hydrogen-bond donors (Lipinski definition) is 2. The lowest BCUT2D eigenvalue weighted by atomic mass is 9.46. The van der Waals surface area contributed by atoms with Crippen LogP contribution in [0.25, 0.3) is 0 Å². The molecule has 0 radical (unpaired) electrons. The standard InChI is InChI=1S/C34H54N2O3/c1-21-12-17-34(38-20-21)22(2)30-29(39-34)19-28-26-11-10-23-18-25(36-31(37)35-24-8-6-5-7-9-24)13-15-32(23,3)27(26)14-16-33(28,30)4/h10,21-22,24-30H,5-9,11-20H2,1-4H3,(H2,35,36,37)/t21?,22-,25+,26+,27-,28-,29-,30-,32-,33-,34+/m0/s1. The van der Waals surface area contributed by atoms with Crippen molar-refractivity contribution in [1.82, 2.24) is 10.6 Å². The lowest BCUT2D eigenvalue weighted by Gasteiger charge is -2.58. The minimum atomic E-state index is -0.313. The predicted octanol–water partition coefficient (Wildman–Crippen LogP) is 7.35. The molecule has 0 aromatic carbocycles. The highest BCUT2D eigenvalue weighted by molar-refractivity contribution is 5.74. The summed E-state index contributed by atoms with van der Waals surface area (Å²) in [7, 11) is 0. The lowest BCUT2D eigenvalue weighted by Crippen LogP contribution is -2.54. The Morgan fingerprint density at radius 1 is 0.923 bits per heavy atom. The molecule has 11 atom stereocenters. The molecule has 5 nitrogen and oxygen atoms in total. The summed E-state index contributed by atoms with van der Waals surface area (Å²) in [5, 5.41) is 6.65. The van der Waals surface area contributed by atoms with Gasteiger partial charge in [0.1, 0.15) is 0 Å². The largest absolute Gasteiger partial charge is 0.349 e. The summed E-state index contributed by atoms with van der Waals surface area (Å²) in [5.41, 5.74) is 2.32. The third-order valence-electron chi connectivity index (χ3n) is 13.6. The molecule has 1 spiro atoms.